The van der Waals surface area contributed by atoms with E-state index in [-0.39, 0.29) is 5.69 Å². The maximum Gasteiger partial charge on any atom is 0.158 e. The van der Waals surface area contributed by atoms with Crippen molar-refractivity contribution in [1.82, 2.24) is 9.97 Å². The van der Waals surface area contributed by atoms with Crippen LogP contribution in [-0.4, -0.2) is 9.97 Å². The molecule has 4 heteroatoms. The topological polar surface area (TPSA) is 54.7 Å². The minimum absolute atomic E-state index is 0.0806. The molecule has 0 aliphatic heterocycles. The van der Waals surface area contributed by atoms with Crippen LogP contribution in [0.15, 0.2) is 18.5 Å². The molecular weight excluding hydrogens is 145 g/mol. The predicted molar refractivity (Wildman–Crippen MR) is 40.5 cm³/mol. The zero-order chi connectivity index (χ0) is 7.84. The second-order valence-corrected chi connectivity index (χ2v) is 2.27. The van der Waals surface area contributed by atoms with Crippen LogP contribution in [0.4, 0.5) is 10.1 Å². The van der Waals surface area contributed by atoms with Gasteiger partial charge in [0.05, 0.1) is 17.3 Å². The number of fused-ring (bicyclic) bond motifs is 1. The SMILES string of the molecule is Nc1cnc2[nH]ccc2c1F. The molecular formula is C7H6FN3. The summed E-state index contributed by atoms with van der Waals surface area (Å²) in [5, 5.41) is 0.435. The lowest BCUT2D eigenvalue weighted by molar-refractivity contribution is 0.643. The lowest BCUT2D eigenvalue weighted by Gasteiger charge is -1.94. The lowest BCUT2D eigenvalue weighted by atomic mass is 10.3. The summed E-state index contributed by atoms with van der Waals surface area (Å²) in [5.41, 5.74) is 5.90. The first-order valence-electron chi connectivity index (χ1n) is 3.16. The van der Waals surface area contributed by atoms with Crippen molar-refractivity contribution in [3.05, 3.63) is 24.3 Å². The Labute approximate surface area is 62.0 Å². The van der Waals surface area contributed by atoms with Crippen molar-refractivity contribution in [1.29, 1.82) is 0 Å². The van der Waals surface area contributed by atoms with Crippen molar-refractivity contribution in [2.24, 2.45) is 0 Å². The third kappa shape index (κ3) is 0.756. The number of hydrogen-bond acceptors (Lipinski definition) is 2. The summed E-state index contributed by atoms with van der Waals surface area (Å²) in [6.45, 7) is 0. The Bertz CT molecular complexity index is 393. The molecule has 0 radical (unpaired) electrons. The quantitative estimate of drug-likeness (QED) is 0.596. The van der Waals surface area contributed by atoms with E-state index in [0.717, 1.165) is 0 Å². The van der Waals surface area contributed by atoms with Gasteiger partial charge in [-0.15, -0.1) is 0 Å². The van der Waals surface area contributed by atoms with E-state index < -0.39 is 5.82 Å². The average molecular weight is 151 g/mol. The van der Waals surface area contributed by atoms with Crippen molar-refractivity contribution >= 4 is 16.7 Å². The number of aromatic amines is 1. The van der Waals surface area contributed by atoms with Gasteiger partial charge < -0.3 is 10.7 Å². The number of nitrogens with one attached hydrogen (secondary N) is 1. The van der Waals surface area contributed by atoms with E-state index in [1.165, 1.54) is 6.20 Å². The van der Waals surface area contributed by atoms with Gasteiger partial charge in [0, 0.05) is 6.20 Å². The van der Waals surface area contributed by atoms with Crippen LogP contribution in [0.2, 0.25) is 0 Å². The molecule has 0 saturated heterocycles. The predicted octanol–water partition coefficient (Wildman–Crippen LogP) is 1.28. The highest BCUT2D eigenvalue weighted by Crippen LogP contribution is 2.18. The summed E-state index contributed by atoms with van der Waals surface area (Å²) in [6, 6.07) is 1.61. The minimum atomic E-state index is -0.406. The largest absolute Gasteiger partial charge is 0.395 e. The number of nitrogens with two attached hydrogens (primary N) is 1. The van der Waals surface area contributed by atoms with Crippen molar-refractivity contribution in [2.45, 2.75) is 0 Å². The number of nitrogens with zero attached hydrogens (tertiary/aromatic N) is 1. The smallest absolute Gasteiger partial charge is 0.158 e. The van der Waals surface area contributed by atoms with Gasteiger partial charge in [-0.3, -0.25) is 0 Å². The van der Waals surface area contributed by atoms with E-state index in [9.17, 15) is 4.39 Å². The first-order chi connectivity index (χ1) is 5.29. The number of hydrogen-bond donors (Lipinski definition) is 2. The third-order valence-electron chi connectivity index (χ3n) is 1.55. The van der Waals surface area contributed by atoms with Crippen LogP contribution in [0, 0.1) is 5.82 Å². The van der Waals surface area contributed by atoms with Crippen LogP contribution >= 0.6 is 0 Å². The molecule has 0 amide bonds. The van der Waals surface area contributed by atoms with E-state index in [2.05, 4.69) is 9.97 Å². The van der Waals surface area contributed by atoms with Crippen molar-refractivity contribution in [3.63, 3.8) is 0 Å². The Morgan fingerprint density at radius 3 is 3.18 bits per heavy atom. The fourth-order valence-electron chi connectivity index (χ4n) is 0.991. The Balaban J connectivity index is 2.93. The van der Waals surface area contributed by atoms with Crippen LogP contribution in [0.25, 0.3) is 11.0 Å². The summed E-state index contributed by atoms with van der Waals surface area (Å²) in [5.74, 6) is -0.406. The number of nitrogen functional groups attached to an aromatic ring is 1. The lowest BCUT2D eigenvalue weighted by Crippen LogP contribution is -1.92. The molecule has 56 valence electrons. The van der Waals surface area contributed by atoms with Gasteiger partial charge in [-0.25, -0.2) is 9.37 Å². The maximum atomic E-state index is 13.0. The van der Waals surface area contributed by atoms with Crippen LogP contribution in [0.1, 0.15) is 0 Å². The molecule has 0 aromatic carbocycles. The van der Waals surface area contributed by atoms with Crippen molar-refractivity contribution < 1.29 is 4.39 Å². The number of aromatic nitrogens is 2. The van der Waals surface area contributed by atoms with E-state index in [1.54, 1.807) is 12.3 Å². The van der Waals surface area contributed by atoms with Gasteiger partial charge in [-0.1, -0.05) is 0 Å². The number of anilines is 1. The molecule has 2 aromatic rings. The van der Waals surface area contributed by atoms with Gasteiger partial charge in [0.25, 0.3) is 0 Å². The third-order valence-corrected chi connectivity index (χ3v) is 1.55. The van der Waals surface area contributed by atoms with Crippen molar-refractivity contribution in [3.8, 4) is 0 Å². The van der Waals surface area contributed by atoms with E-state index in [4.69, 9.17) is 5.73 Å². The summed E-state index contributed by atoms with van der Waals surface area (Å²) in [7, 11) is 0. The van der Waals surface area contributed by atoms with Crippen LogP contribution < -0.4 is 5.73 Å². The van der Waals surface area contributed by atoms with Gasteiger partial charge in [-0.2, -0.15) is 0 Å². The van der Waals surface area contributed by atoms with Crippen LogP contribution in [0.5, 0.6) is 0 Å². The molecule has 0 fully saturated rings. The highest BCUT2D eigenvalue weighted by Gasteiger charge is 2.04. The number of rotatable bonds is 0. The normalized spacial score (nSPS) is 10.6. The molecule has 0 spiro atoms. The summed E-state index contributed by atoms with van der Waals surface area (Å²) < 4.78 is 13.0. The highest BCUT2D eigenvalue weighted by atomic mass is 19.1. The average Bonchev–Trinajstić information content (AvgIpc) is 2.45. The summed E-state index contributed by atoms with van der Waals surface area (Å²) in [4.78, 5) is 6.66. The van der Waals surface area contributed by atoms with Crippen LogP contribution in [0.3, 0.4) is 0 Å². The second-order valence-electron chi connectivity index (χ2n) is 2.27. The van der Waals surface area contributed by atoms with E-state index in [0.29, 0.717) is 11.0 Å². The fraction of sp³-hybridized carbons (Fsp3) is 0. The molecule has 11 heavy (non-hydrogen) atoms. The van der Waals surface area contributed by atoms with Crippen LogP contribution in [-0.2, 0) is 0 Å². The van der Waals surface area contributed by atoms with E-state index in [1.807, 2.05) is 0 Å². The standard InChI is InChI=1S/C7H6FN3/c8-6-4-1-2-10-7(4)11-3-5(6)9/h1-3H,9H2,(H,10,11). The zero-order valence-corrected chi connectivity index (χ0v) is 5.63. The molecule has 2 heterocycles. The van der Waals surface area contributed by atoms with Gasteiger partial charge >= 0.3 is 0 Å². The summed E-state index contributed by atoms with van der Waals surface area (Å²) >= 11 is 0. The Kier molecular flexibility index (Phi) is 1.09. The van der Waals surface area contributed by atoms with E-state index >= 15 is 0 Å². The van der Waals surface area contributed by atoms with Gasteiger partial charge in [0.1, 0.15) is 5.65 Å². The second kappa shape index (κ2) is 1.95. The first-order valence-corrected chi connectivity index (χ1v) is 3.16. The van der Waals surface area contributed by atoms with Gasteiger partial charge in [0.15, 0.2) is 5.82 Å². The molecule has 0 aliphatic carbocycles. The van der Waals surface area contributed by atoms with Gasteiger partial charge in [-0.05, 0) is 6.07 Å². The molecule has 3 nitrogen and oxygen atoms in total. The molecule has 2 aromatic heterocycles. The Morgan fingerprint density at radius 2 is 2.36 bits per heavy atom. The molecule has 3 N–H and O–H groups in total. The van der Waals surface area contributed by atoms with Crippen molar-refractivity contribution in [2.75, 3.05) is 5.73 Å². The molecule has 0 aliphatic rings. The number of H-pyrrole nitrogens is 1. The minimum Gasteiger partial charge on any atom is -0.395 e. The zero-order valence-electron chi connectivity index (χ0n) is 5.63. The molecule has 0 atom stereocenters. The molecule has 0 bridgehead atoms. The molecule has 0 unspecified atom stereocenters. The first kappa shape index (κ1) is 6.15. The molecule has 0 saturated carbocycles. The Morgan fingerprint density at radius 1 is 1.55 bits per heavy atom. The summed E-state index contributed by atoms with van der Waals surface area (Å²) in [6.07, 6.45) is 2.92. The molecule has 2 rings (SSSR count). The van der Waals surface area contributed by atoms with Gasteiger partial charge in [0.2, 0.25) is 0 Å². The Hall–Kier alpha value is -1.58. The highest BCUT2D eigenvalue weighted by molar-refractivity contribution is 5.79. The number of halogens is 1. The fourth-order valence-corrected chi connectivity index (χ4v) is 0.991. The maximum absolute atomic E-state index is 13.0. The monoisotopic (exact) mass is 151 g/mol. The number of pyridine rings is 1.